The Balaban J connectivity index is 1.39. The van der Waals surface area contributed by atoms with Crippen molar-refractivity contribution in [3.05, 3.63) is 133 Å². The standard InChI is InChI=1S/C43H30BN3/c1-43(2,3)27-20-22-29-32-24-31-28-14-8-7-11-25(28)19-21-30(31)38-40(32)46(37(29)23-27)35-17-10-18-36-39(35)44(38)33-15-9-16-34-41(33)47(36)42(45-34)26-12-5-4-6-13-26/h4-24H,1-3H3. The van der Waals surface area contributed by atoms with E-state index in [9.17, 15) is 0 Å². The van der Waals surface area contributed by atoms with Gasteiger partial charge in [0.1, 0.15) is 5.82 Å². The predicted molar refractivity (Wildman–Crippen MR) is 199 cm³/mol. The number of hydrogen-bond donors (Lipinski definition) is 0. The molecule has 9 aromatic rings. The highest BCUT2D eigenvalue weighted by atomic mass is 15.1. The molecule has 4 heteroatoms. The van der Waals surface area contributed by atoms with Crippen LogP contribution in [0.2, 0.25) is 0 Å². The molecule has 4 heterocycles. The summed E-state index contributed by atoms with van der Waals surface area (Å²) in [5.74, 6) is 0.993. The first-order chi connectivity index (χ1) is 23.0. The van der Waals surface area contributed by atoms with Gasteiger partial charge in [-0.15, -0.1) is 0 Å². The van der Waals surface area contributed by atoms with E-state index in [1.54, 1.807) is 0 Å². The fraction of sp³-hybridized carbons (Fsp3) is 0.0930. The van der Waals surface area contributed by atoms with E-state index in [4.69, 9.17) is 4.98 Å². The molecule has 0 spiro atoms. The number of imidazole rings is 1. The van der Waals surface area contributed by atoms with Gasteiger partial charge in [0.05, 0.1) is 16.6 Å². The van der Waals surface area contributed by atoms with Crippen LogP contribution in [-0.2, 0) is 5.41 Å². The van der Waals surface area contributed by atoms with Crippen LogP contribution in [0.15, 0.2) is 127 Å². The molecule has 0 N–H and O–H groups in total. The Bertz CT molecular complexity index is 2830. The number of nitrogens with zero attached hydrogens (tertiary/aromatic N) is 3. The highest BCUT2D eigenvalue weighted by Crippen LogP contribution is 2.41. The molecule has 7 aromatic carbocycles. The van der Waals surface area contributed by atoms with Crippen LogP contribution in [0.3, 0.4) is 0 Å². The topological polar surface area (TPSA) is 22.8 Å². The van der Waals surface area contributed by atoms with E-state index in [2.05, 4.69) is 157 Å². The van der Waals surface area contributed by atoms with Crippen molar-refractivity contribution in [3.63, 3.8) is 0 Å². The lowest BCUT2D eigenvalue weighted by molar-refractivity contribution is 0.591. The minimum atomic E-state index is 0.0356. The zero-order chi connectivity index (χ0) is 31.2. The predicted octanol–water partition coefficient (Wildman–Crippen LogP) is 8.54. The molecule has 0 atom stereocenters. The fourth-order valence-corrected chi connectivity index (χ4v) is 8.77. The van der Waals surface area contributed by atoms with Gasteiger partial charge in [-0.3, -0.25) is 4.57 Å². The van der Waals surface area contributed by atoms with Crippen molar-refractivity contribution >= 4 is 77.5 Å². The molecular weight excluding hydrogens is 569 g/mol. The average molecular weight is 600 g/mol. The highest BCUT2D eigenvalue weighted by molar-refractivity contribution is 7.01. The molecule has 0 saturated heterocycles. The molecule has 0 radical (unpaired) electrons. The fourth-order valence-electron chi connectivity index (χ4n) is 8.77. The Morgan fingerprint density at radius 2 is 1.32 bits per heavy atom. The molecule has 2 aliphatic rings. The van der Waals surface area contributed by atoms with Crippen molar-refractivity contribution in [1.82, 2.24) is 14.1 Å². The van der Waals surface area contributed by atoms with Crippen molar-refractivity contribution in [2.24, 2.45) is 0 Å². The summed E-state index contributed by atoms with van der Waals surface area (Å²) in [6.07, 6.45) is 0. The molecule has 47 heavy (non-hydrogen) atoms. The van der Waals surface area contributed by atoms with Gasteiger partial charge in [0.2, 0.25) is 0 Å². The molecule has 2 aliphatic heterocycles. The van der Waals surface area contributed by atoms with Crippen LogP contribution < -0.4 is 16.4 Å². The second-order valence-electron chi connectivity index (χ2n) is 14.4. The molecule has 0 saturated carbocycles. The second kappa shape index (κ2) is 8.60. The molecule has 220 valence electrons. The van der Waals surface area contributed by atoms with Crippen LogP contribution in [0.5, 0.6) is 0 Å². The maximum atomic E-state index is 5.31. The minimum Gasteiger partial charge on any atom is -0.310 e. The highest BCUT2D eigenvalue weighted by Gasteiger charge is 2.42. The maximum Gasteiger partial charge on any atom is 0.253 e. The second-order valence-corrected chi connectivity index (χ2v) is 14.4. The van der Waals surface area contributed by atoms with E-state index in [0.717, 1.165) is 16.9 Å². The summed E-state index contributed by atoms with van der Waals surface area (Å²) in [5.41, 5.74) is 13.9. The Hall–Kier alpha value is -5.61. The van der Waals surface area contributed by atoms with Crippen molar-refractivity contribution in [2.45, 2.75) is 26.2 Å². The van der Waals surface area contributed by atoms with Crippen LogP contribution in [0, 0.1) is 0 Å². The first kappa shape index (κ1) is 25.6. The number of hydrogen-bond acceptors (Lipinski definition) is 1. The lowest BCUT2D eigenvalue weighted by Crippen LogP contribution is -2.59. The van der Waals surface area contributed by atoms with E-state index in [1.807, 2.05) is 0 Å². The summed E-state index contributed by atoms with van der Waals surface area (Å²) < 4.78 is 5.02. The van der Waals surface area contributed by atoms with Gasteiger partial charge in [0.15, 0.2) is 0 Å². The van der Waals surface area contributed by atoms with E-state index in [-0.39, 0.29) is 12.1 Å². The zero-order valence-electron chi connectivity index (χ0n) is 26.5. The van der Waals surface area contributed by atoms with Crippen molar-refractivity contribution in [2.75, 3.05) is 0 Å². The van der Waals surface area contributed by atoms with Crippen LogP contribution in [0.4, 0.5) is 0 Å². The first-order valence-electron chi connectivity index (χ1n) is 16.6. The van der Waals surface area contributed by atoms with Crippen molar-refractivity contribution in [3.8, 4) is 22.8 Å². The quantitative estimate of drug-likeness (QED) is 0.137. The van der Waals surface area contributed by atoms with Crippen LogP contribution in [0.25, 0.3) is 77.1 Å². The van der Waals surface area contributed by atoms with Gasteiger partial charge in [-0.05, 0) is 79.2 Å². The van der Waals surface area contributed by atoms with E-state index in [0.29, 0.717) is 0 Å². The molecule has 0 fully saturated rings. The molecule has 0 amide bonds. The number of fused-ring (bicyclic) bond motifs is 11. The van der Waals surface area contributed by atoms with Gasteiger partial charge in [-0.25, -0.2) is 4.98 Å². The number of benzene rings is 7. The third kappa shape index (κ3) is 3.15. The monoisotopic (exact) mass is 599 g/mol. The lowest BCUT2D eigenvalue weighted by Gasteiger charge is -2.34. The van der Waals surface area contributed by atoms with Gasteiger partial charge < -0.3 is 4.57 Å². The molecule has 0 unspecified atom stereocenters. The van der Waals surface area contributed by atoms with E-state index < -0.39 is 0 Å². The van der Waals surface area contributed by atoms with Crippen molar-refractivity contribution in [1.29, 1.82) is 0 Å². The van der Waals surface area contributed by atoms with Gasteiger partial charge in [0, 0.05) is 33.2 Å². The van der Waals surface area contributed by atoms with Crippen LogP contribution in [0.1, 0.15) is 26.3 Å². The molecular formula is C43H30BN3. The molecule has 0 bridgehead atoms. The average Bonchev–Trinajstić information content (AvgIpc) is 3.65. The van der Waals surface area contributed by atoms with Crippen LogP contribution >= 0.6 is 0 Å². The maximum absolute atomic E-state index is 5.31. The Morgan fingerprint density at radius 1 is 0.553 bits per heavy atom. The zero-order valence-corrected chi connectivity index (χ0v) is 26.5. The summed E-state index contributed by atoms with van der Waals surface area (Å²) in [6, 6.07) is 47.4. The molecule has 2 aromatic heterocycles. The smallest absolute Gasteiger partial charge is 0.253 e. The Kier molecular flexibility index (Phi) is 4.68. The van der Waals surface area contributed by atoms with Gasteiger partial charge in [0.25, 0.3) is 6.71 Å². The van der Waals surface area contributed by atoms with Crippen LogP contribution in [-0.4, -0.2) is 20.8 Å². The summed E-state index contributed by atoms with van der Waals surface area (Å²) in [4.78, 5) is 5.31. The first-order valence-corrected chi connectivity index (χ1v) is 16.6. The summed E-state index contributed by atoms with van der Waals surface area (Å²) >= 11 is 0. The Morgan fingerprint density at radius 3 is 2.17 bits per heavy atom. The third-order valence-electron chi connectivity index (χ3n) is 10.8. The molecule has 0 aliphatic carbocycles. The van der Waals surface area contributed by atoms with Gasteiger partial charge >= 0.3 is 0 Å². The van der Waals surface area contributed by atoms with Gasteiger partial charge in [-0.1, -0.05) is 118 Å². The van der Waals surface area contributed by atoms with Gasteiger partial charge in [-0.2, -0.15) is 0 Å². The SMILES string of the molecule is CC(C)(C)c1ccc2c3cc4c(ccc5ccccc54)c4c3n(c2c1)-c1cccc2c1B4c1cccc3nc(-c4ccccc4)n-2c13. The number of rotatable bonds is 1. The van der Waals surface area contributed by atoms with Crippen molar-refractivity contribution < 1.29 is 0 Å². The normalized spacial score (nSPS) is 13.4. The Labute approximate surface area is 272 Å². The molecule has 11 rings (SSSR count). The van der Waals surface area contributed by atoms with E-state index in [1.165, 1.54) is 82.2 Å². The number of aromatic nitrogens is 3. The minimum absolute atomic E-state index is 0.0356. The molecule has 3 nitrogen and oxygen atoms in total. The summed E-state index contributed by atoms with van der Waals surface area (Å²) in [6.45, 7) is 7.01. The van der Waals surface area contributed by atoms with E-state index >= 15 is 0 Å². The summed E-state index contributed by atoms with van der Waals surface area (Å²) in [7, 11) is 0. The summed E-state index contributed by atoms with van der Waals surface area (Å²) in [5, 5.41) is 7.87. The largest absolute Gasteiger partial charge is 0.310 e. The lowest BCUT2D eigenvalue weighted by atomic mass is 9.33. The third-order valence-corrected chi connectivity index (χ3v) is 10.8. The number of para-hydroxylation sites is 1.